The Morgan fingerprint density at radius 2 is 1.35 bits per heavy atom. The molecule has 0 spiro atoms. The summed E-state index contributed by atoms with van der Waals surface area (Å²) in [5.41, 5.74) is -3.48. The number of aliphatic hydroxyl groups excluding tert-OH is 1. The van der Waals surface area contributed by atoms with Crippen molar-refractivity contribution < 1.29 is 68.6 Å². The molecule has 0 unspecified atom stereocenters. The third-order valence-electron chi connectivity index (χ3n) is 12.2. The second-order valence-electron chi connectivity index (χ2n) is 15.9. The minimum absolute atomic E-state index is 0.0437. The van der Waals surface area contributed by atoms with Gasteiger partial charge in [-0.25, -0.2) is 0 Å². The topological polar surface area (TPSA) is 214 Å². The molecule has 302 valence electrons. The Bertz CT molecular complexity index is 1820. The largest absolute Gasteiger partial charge is 0.507 e. The number of ether oxygens (including phenoxy) is 6. The molecule has 3 saturated heterocycles. The van der Waals surface area contributed by atoms with Gasteiger partial charge in [0, 0.05) is 36.4 Å². The zero-order valence-electron chi connectivity index (χ0n) is 32.1. The van der Waals surface area contributed by atoms with E-state index in [0.29, 0.717) is 25.7 Å². The van der Waals surface area contributed by atoms with Crippen LogP contribution in [0.15, 0.2) is 12.1 Å². The fourth-order valence-corrected chi connectivity index (χ4v) is 8.94. The summed E-state index contributed by atoms with van der Waals surface area (Å²) in [4.78, 5) is 29.5. The number of aliphatic hydroxyl groups is 2. The first-order chi connectivity index (χ1) is 26.0. The van der Waals surface area contributed by atoms with Gasteiger partial charge in [-0.2, -0.15) is 0 Å². The van der Waals surface area contributed by atoms with Crippen molar-refractivity contribution in [2.75, 3.05) is 14.1 Å². The lowest BCUT2D eigenvalue weighted by molar-refractivity contribution is -0.319. The van der Waals surface area contributed by atoms with Gasteiger partial charge >= 0.3 is 0 Å². The molecule has 2 aromatic carbocycles. The number of phenolic OH excluding ortho intramolecular Hbond substituents is 4. The number of benzene rings is 2. The van der Waals surface area contributed by atoms with Crippen LogP contribution >= 0.6 is 0 Å². The smallest absolute Gasteiger partial charge is 0.202 e. The van der Waals surface area contributed by atoms with E-state index >= 15 is 0 Å². The fraction of sp³-hybridized carbons (Fsp3) is 0.650. The van der Waals surface area contributed by atoms with Crippen molar-refractivity contribution in [3.8, 4) is 23.0 Å². The molecule has 6 N–H and O–H groups in total. The molecule has 3 fully saturated rings. The van der Waals surface area contributed by atoms with Crippen molar-refractivity contribution in [2.45, 2.75) is 152 Å². The van der Waals surface area contributed by atoms with Crippen molar-refractivity contribution in [3.63, 3.8) is 0 Å². The Morgan fingerprint density at radius 3 is 1.95 bits per heavy atom. The molecule has 0 amide bonds. The van der Waals surface area contributed by atoms with E-state index in [1.54, 1.807) is 6.92 Å². The van der Waals surface area contributed by atoms with Crippen molar-refractivity contribution in [1.29, 1.82) is 0 Å². The highest BCUT2D eigenvalue weighted by Crippen LogP contribution is 2.54. The highest BCUT2D eigenvalue weighted by atomic mass is 16.7. The normalized spacial score (nSPS) is 36.3. The molecule has 0 aromatic heterocycles. The maximum absolute atomic E-state index is 13.9. The highest BCUT2D eigenvalue weighted by molar-refractivity contribution is 6.32. The summed E-state index contributed by atoms with van der Waals surface area (Å²) >= 11 is 0. The molecule has 0 radical (unpaired) electrons. The predicted octanol–water partition coefficient (Wildman–Crippen LogP) is 3.68. The third-order valence-corrected chi connectivity index (χ3v) is 12.2. The summed E-state index contributed by atoms with van der Waals surface area (Å²) in [7, 11) is 3.82. The van der Waals surface area contributed by atoms with Gasteiger partial charge in [0.15, 0.2) is 18.9 Å². The van der Waals surface area contributed by atoms with E-state index in [0.717, 1.165) is 12.1 Å². The number of hydrogen-bond acceptors (Lipinski definition) is 15. The second kappa shape index (κ2) is 15.2. The SMILES string of the molecule is CC[C@@]1(O)CCc2c(O)c3c(c(O)c2[C@H]1O[C@@H]1C[C@H](N(C)C)[C@H](O[C@H]2CC[C@H](O[C@H]4CC[C@H](O)[C@H](C)O4)[C@H](C)O2)[C@H](C)O1)C(=O)c1c(O)ccc(O)c1C3=O. The van der Waals surface area contributed by atoms with E-state index in [1.165, 1.54) is 0 Å². The second-order valence-corrected chi connectivity index (χ2v) is 15.9. The van der Waals surface area contributed by atoms with Gasteiger partial charge in [0.2, 0.25) is 11.6 Å². The molecule has 0 saturated carbocycles. The summed E-state index contributed by atoms with van der Waals surface area (Å²) in [6.45, 7) is 7.38. The van der Waals surface area contributed by atoms with Gasteiger partial charge in [0.25, 0.3) is 0 Å². The number of fused-ring (bicyclic) bond motifs is 3. The summed E-state index contributed by atoms with van der Waals surface area (Å²) in [5, 5.41) is 66.5. The molecule has 5 aliphatic rings. The number of hydrogen-bond donors (Lipinski definition) is 6. The molecule has 0 bridgehead atoms. The summed E-state index contributed by atoms with van der Waals surface area (Å²) in [6.07, 6.45) is -2.37. The van der Waals surface area contributed by atoms with Gasteiger partial charge < -0.3 is 64.0 Å². The number of ketones is 2. The first-order valence-electron chi connectivity index (χ1n) is 19.3. The van der Waals surface area contributed by atoms with E-state index < -0.39 is 106 Å². The number of likely N-dealkylation sites (N-methyl/N-ethyl adjacent to an activating group) is 1. The molecule has 15 heteroatoms. The molecule has 55 heavy (non-hydrogen) atoms. The average Bonchev–Trinajstić information content (AvgIpc) is 3.14. The van der Waals surface area contributed by atoms with E-state index in [2.05, 4.69) is 0 Å². The van der Waals surface area contributed by atoms with Crippen LogP contribution < -0.4 is 0 Å². The number of phenols is 4. The van der Waals surface area contributed by atoms with E-state index in [9.17, 15) is 40.2 Å². The first kappa shape index (κ1) is 39.8. The molecule has 15 nitrogen and oxygen atoms in total. The van der Waals surface area contributed by atoms with E-state index in [1.807, 2.05) is 39.8 Å². The number of carbonyl (C=O) groups excluding carboxylic acids is 2. The van der Waals surface area contributed by atoms with Crippen LogP contribution in [0.5, 0.6) is 23.0 Å². The number of carbonyl (C=O) groups is 2. The lowest BCUT2D eigenvalue weighted by atomic mass is 9.71. The Balaban J connectivity index is 1.10. The number of nitrogens with zero attached hydrogens (tertiary/aromatic N) is 1. The lowest BCUT2D eigenvalue weighted by Crippen LogP contribution is -2.57. The molecule has 3 heterocycles. The van der Waals surface area contributed by atoms with Crippen molar-refractivity contribution in [1.82, 2.24) is 4.90 Å². The standard InChI is InChI=1S/C40H53NO14/c1-7-40(49)15-14-20-29(35(46)33-32(34(20)45)36(47)30-23(43)8-9-24(44)31(30)37(33)48)39(40)55-28-16-21(41(5)6)38(19(4)52-28)54-27-13-11-25(18(3)51-27)53-26-12-10-22(42)17(2)50-26/h8-9,17-19,21-22,25-28,38-39,42-46,49H,7,10-16H2,1-6H3/t17-,18-,19-,21-,22-,25-,26-,27-,28+,38+,39+,40+/m0/s1. The minimum atomic E-state index is -1.57. The number of aromatic hydroxyl groups is 4. The van der Waals surface area contributed by atoms with E-state index in [-0.39, 0.29) is 61.2 Å². The van der Waals surface area contributed by atoms with Crippen molar-refractivity contribution in [3.05, 3.63) is 45.5 Å². The van der Waals surface area contributed by atoms with Gasteiger partial charge in [0.1, 0.15) is 35.2 Å². The van der Waals surface area contributed by atoms with Gasteiger partial charge in [0.05, 0.1) is 58.4 Å². The monoisotopic (exact) mass is 771 g/mol. The van der Waals surface area contributed by atoms with Crippen LogP contribution in [0.25, 0.3) is 0 Å². The summed E-state index contributed by atoms with van der Waals surface area (Å²) in [6, 6.07) is 1.89. The van der Waals surface area contributed by atoms with Crippen LogP contribution in [0.4, 0.5) is 0 Å². The fourth-order valence-electron chi connectivity index (χ4n) is 8.94. The Labute approximate surface area is 319 Å². The maximum atomic E-state index is 13.9. The van der Waals surface area contributed by atoms with Crippen LogP contribution in [0.2, 0.25) is 0 Å². The summed E-state index contributed by atoms with van der Waals surface area (Å²) in [5.74, 6) is -4.25. The maximum Gasteiger partial charge on any atom is 0.202 e. The molecular formula is C40H53NO14. The zero-order chi connectivity index (χ0) is 39.7. The van der Waals surface area contributed by atoms with Crippen LogP contribution in [0.3, 0.4) is 0 Å². The Hall–Kier alpha value is -3.38. The predicted molar refractivity (Wildman–Crippen MR) is 193 cm³/mol. The quantitative estimate of drug-likeness (QED) is 0.180. The Morgan fingerprint density at radius 1 is 0.764 bits per heavy atom. The zero-order valence-corrected chi connectivity index (χ0v) is 32.1. The van der Waals surface area contributed by atoms with E-state index in [4.69, 9.17) is 28.4 Å². The molecular weight excluding hydrogens is 718 g/mol. The third kappa shape index (κ3) is 7.01. The lowest BCUT2D eigenvalue weighted by Gasteiger charge is -2.48. The van der Waals surface area contributed by atoms with Crippen molar-refractivity contribution in [2.24, 2.45) is 0 Å². The van der Waals surface area contributed by atoms with Gasteiger partial charge in [-0.05, 0) is 79.1 Å². The van der Waals surface area contributed by atoms with Gasteiger partial charge in [-0.3, -0.25) is 9.59 Å². The minimum Gasteiger partial charge on any atom is -0.507 e. The van der Waals surface area contributed by atoms with Crippen LogP contribution in [-0.2, 0) is 34.8 Å². The van der Waals surface area contributed by atoms with Crippen LogP contribution in [0, 0.1) is 0 Å². The molecule has 2 aliphatic carbocycles. The Kier molecular flexibility index (Phi) is 11.0. The molecule has 12 atom stereocenters. The highest BCUT2D eigenvalue weighted by Gasteiger charge is 2.51. The average molecular weight is 772 g/mol. The summed E-state index contributed by atoms with van der Waals surface area (Å²) < 4.78 is 38.0. The van der Waals surface area contributed by atoms with Gasteiger partial charge in [-0.15, -0.1) is 0 Å². The van der Waals surface area contributed by atoms with Crippen LogP contribution in [0.1, 0.15) is 122 Å². The molecule has 2 aromatic rings. The van der Waals surface area contributed by atoms with Crippen LogP contribution in [-0.4, -0.2) is 128 Å². The van der Waals surface area contributed by atoms with Crippen molar-refractivity contribution >= 4 is 11.6 Å². The molecule has 7 rings (SSSR count). The number of rotatable bonds is 8. The first-order valence-corrected chi connectivity index (χ1v) is 19.3. The molecule has 3 aliphatic heterocycles. The van der Waals surface area contributed by atoms with Gasteiger partial charge in [-0.1, -0.05) is 6.92 Å².